The van der Waals surface area contributed by atoms with Crippen LogP contribution < -0.4 is 16.6 Å². The largest absolute Gasteiger partial charge is 0.352 e. The lowest BCUT2D eigenvalue weighted by Crippen LogP contribution is -2.41. The molecule has 0 unspecified atom stereocenters. The highest BCUT2D eigenvalue weighted by Gasteiger charge is 2.22. The van der Waals surface area contributed by atoms with Gasteiger partial charge in [-0.2, -0.15) is 14.8 Å². The minimum Gasteiger partial charge on any atom is -0.348 e. The molecule has 10 nitrogen and oxygen atoms in total. The molecular formula is C16H16N6O4. The second-order valence-electron chi connectivity index (χ2n) is 5.21. The number of hydrogen-bond acceptors (Lipinski definition) is 7. The summed E-state index contributed by atoms with van der Waals surface area (Å²) >= 11 is 0. The average molecular weight is 356 g/mol. The Morgan fingerprint density at radius 2 is 1.92 bits per heavy atom. The van der Waals surface area contributed by atoms with Gasteiger partial charge in [0.15, 0.2) is 5.69 Å². The zero-order chi connectivity index (χ0) is 18.7. The Kier molecular flexibility index (Phi) is 4.74. The van der Waals surface area contributed by atoms with Crippen molar-refractivity contribution in [2.24, 2.45) is 0 Å². The van der Waals surface area contributed by atoms with Crippen LogP contribution in [-0.4, -0.2) is 36.9 Å². The minimum atomic E-state index is -0.659. The van der Waals surface area contributed by atoms with E-state index in [9.17, 15) is 14.4 Å². The highest BCUT2D eigenvalue weighted by molar-refractivity contribution is 5.89. The molecule has 1 aromatic carbocycles. The first kappa shape index (κ1) is 17.3. The second-order valence-corrected chi connectivity index (χ2v) is 5.21. The van der Waals surface area contributed by atoms with E-state index in [0.717, 1.165) is 9.25 Å². The highest BCUT2D eigenvalue weighted by Crippen LogP contribution is 2.09. The van der Waals surface area contributed by atoms with Crippen molar-refractivity contribution < 1.29 is 9.32 Å². The maximum absolute atomic E-state index is 12.6. The summed E-state index contributed by atoms with van der Waals surface area (Å²) in [5.74, 6) is -1.01. The molecule has 0 aliphatic heterocycles. The number of hydrogen-bond donors (Lipinski definition) is 1. The Bertz CT molecular complexity index is 1050. The SMILES string of the molecule is CCNC(=O)c1nc(-c2nn(-c3ccccc3)c(=O)n(CC)c2=O)no1. The number of nitrogens with one attached hydrogen (secondary N) is 1. The molecule has 0 aliphatic carbocycles. The van der Waals surface area contributed by atoms with Crippen molar-refractivity contribution in [1.29, 1.82) is 0 Å². The Morgan fingerprint density at radius 1 is 1.19 bits per heavy atom. The van der Waals surface area contributed by atoms with Gasteiger partial charge in [-0.05, 0) is 26.0 Å². The lowest BCUT2D eigenvalue weighted by Gasteiger charge is -2.09. The molecule has 0 saturated heterocycles. The first-order chi connectivity index (χ1) is 12.6. The van der Waals surface area contributed by atoms with E-state index in [1.807, 2.05) is 0 Å². The lowest BCUT2D eigenvalue weighted by molar-refractivity contribution is 0.0912. The number of nitrogens with zero attached hydrogens (tertiary/aromatic N) is 5. The van der Waals surface area contributed by atoms with Crippen molar-refractivity contribution in [3.05, 3.63) is 57.1 Å². The summed E-state index contributed by atoms with van der Waals surface area (Å²) in [5, 5.41) is 10.3. The number of carbonyl (C=O) groups excluding carboxylic acids is 1. The van der Waals surface area contributed by atoms with Crippen LogP contribution >= 0.6 is 0 Å². The molecule has 0 radical (unpaired) electrons. The quantitative estimate of drug-likeness (QED) is 0.693. The third-order valence-electron chi connectivity index (χ3n) is 3.55. The standard InChI is InChI=1S/C16H16N6O4/c1-3-17-13(23)14-18-12(20-26-14)11-15(24)21(4-2)16(25)22(19-11)10-8-6-5-7-9-10/h5-9H,3-4H2,1-2H3,(H,17,23). The molecule has 0 fully saturated rings. The van der Waals surface area contributed by atoms with Crippen LogP contribution in [0.4, 0.5) is 0 Å². The fourth-order valence-corrected chi connectivity index (χ4v) is 2.32. The van der Waals surface area contributed by atoms with Crippen molar-refractivity contribution in [1.82, 2.24) is 29.8 Å². The van der Waals surface area contributed by atoms with E-state index in [2.05, 4.69) is 20.6 Å². The van der Waals surface area contributed by atoms with Gasteiger partial charge in [-0.3, -0.25) is 14.2 Å². The molecule has 2 aromatic heterocycles. The van der Waals surface area contributed by atoms with E-state index in [-0.39, 0.29) is 24.0 Å². The van der Waals surface area contributed by atoms with Crippen molar-refractivity contribution in [3.63, 3.8) is 0 Å². The van der Waals surface area contributed by atoms with Crippen LogP contribution in [0, 0.1) is 0 Å². The minimum absolute atomic E-state index is 0.140. The van der Waals surface area contributed by atoms with E-state index in [4.69, 9.17) is 4.52 Å². The predicted molar refractivity (Wildman–Crippen MR) is 91.1 cm³/mol. The number of aromatic nitrogens is 5. The molecule has 1 N–H and O–H groups in total. The summed E-state index contributed by atoms with van der Waals surface area (Å²) < 4.78 is 6.99. The molecule has 0 saturated carbocycles. The third-order valence-corrected chi connectivity index (χ3v) is 3.55. The van der Waals surface area contributed by atoms with Gasteiger partial charge in [0.25, 0.3) is 5.56 Å². The number of carbonyl (C=O) groups is 1. The summed E-state index contributed by atoms with van der Waals surface area (Å²) in [7, 11) is 0. The predicted octanol–water partition coefficient (Wildman–Crippen LogP) is 0.214. The molecule has 3 rings (SSSR count). The van der Waals surface area contributed by atoms with Crippen LogP contribution in [-0.2, 0) is 6.54 Å². The molecule has 0 aliphatic rings. The summed E-state index contributed by atoms with van der Waals surface area (Å²) in [5.41, 5.74) is -0.948. The molecule has 3 aromatic rings. The number of amides is 1. The number of para-hydroxylation sites is 1. The van der Waals surface area contributed by atoms with E-state index in [1.165, 1.54) is 0 Å². The number of rotatable bonds is 5. The average Bonchev–Trinajstić information content (AvgIpc) is 3.13. The number of benzene rings is 1. The fraction of sp³-hybridized carbons (Fsp3) is 0.250. The molecule has 0 spiro atoms. The molecule has 0 bridgehead atoms. The van der Waals surface area contributed by atoms with Crippen LogP contribution in [0.1, 0.15) is 24.5 Å². The molecule has 2 heterocycles. The highest BCUT2D eigenvalue weighted by atomic mass is 16.5. The van der Waals surface area contributed by atoms with Gasteiger partial charge in [0.2, 0.25) is 5.82 Å². The van der Waals surface area contributed by atoms with E-state index < -0.39 is 17.2 Å². The van der Waals surface area contributed by atoms with E-state index in [0.29, 0.717) is 12.2 Å². The van der Waals surface area contributed by atoms with Crippen LogP contribution in [0.15, 0.2) is 44.4 Å². The van der Waals surface area contributed by atoms with Gasteiger partial charge >= 0.3 is 17.5 Å². The Labute approximate surface area is 147 Å². The summed E-state index contributed by atoms with van der Waals surface area (Å²) in [6.45, 7) is 3.93. The summed E-state index contributed by atoms with van der Waals surface area (Å²) in [6.07, 6.45) is 0. The van der Waals surface area contributed by atoms with Gasteiger partial charge in [-0.15, -0.1) is 0 Å². The van der Waals surface area contributed by atoms with Gasteiger partial charge in [-0.25, -0.2) is 4.79 Å². The second kappa shape index (κ2) is 7.13. The first-order valence-electron chi connectivity index (χ1n) is 7.98. The van der Waals surface area contributed by atoms with Crippen LogP contribution in [0.2, 0.25) is 0 Å². The molecule has 0 atom stereocenters. The molecule has 1 amide bonds. The molecular weight excluding hydrogens is 340 g/mol. The maximum atomic E-state index is 12.6. The zero-order valence-corrected chi connectivity index (χ0v) is 14.2. The summed E-state index contributed by atoms with van der Waals surface area (Å²) in [6, 6.07) is 8.64. The molecule has 10 heteroatoms. The summed E-state index contributed by atoms with van der Waals surface area (Å²) in [4.78, 5) is 40.8. The molecule has 26 heavy (non-hydrogen) atoms. The van der Waals surface area contributed by atoms with Gasteiger partial charge in [0.05, 0.1) is 5.69 Å². The Balaban J connectivity index is 2.18. The van der Waals surface area contributed by atoms with Gasteiger partial charge < -0.3 is 9.84 Å². The fourth-order valence-electron chi connectivity index (χ4n) is 2.32. The molecule has 134 valence electrons. The Morgan fingerprint density at radius 3 is 2.58 bits per heavy atom. The van der Waals surface area contributed by atoms with Crippen LogP contribution in [0.25, 0.3) is 17.2 Å². The van der Waals surface area contributed by atoms with Gasteiger partial charge in [0.1, 0.15) is 0 Å². The van der Waals surface area contributed by atoms with E-state index >= 15 is 0 Å². The normalized spacial score (nSPS) is 10.7. The maximum Gasteiger partial charge on any atom is 0.352 e. The topological polar surface area (TPSA) is 125 Å². The lowest BCUT2D eigenvalue weighted by atomic mass is 10.3. The Hall–Kier alpha value is -3.56. The zero-order valence-electron chi connectivity index (χ0n) is 14.2. The smallest absolute Gasteiger partial charge is 0.348 e. The van der Waals surface area contributed by atoms with Gasteiger partial charge in [-0.1, -0.05) is 23.4 Å². The first-order valence-corrected chi connectivity index (χ1v) is 7.98. The van der Waals surface area contributed by atoms with Crippen molar-refractivity contribution in [2.45, 2.75) is 20.4 Å². The monoisotopic (exact) mass is 356 g/mol. The van der Waals surface area contributed by atoms with Crippen molar-refractivity contribution in [3.8, 4) is 17.2 Å². The van der Waals surface area contributed by atoms with E-state index in [1.54, 1.807) is 44.2 Å². The van der Waals surface area contributed by atoms with Crippen molar-refractivity contribution >= 4 is 5.91 Å². The third kappa shape index (κ3) is 3.04. The van der Waals surface area contributed by atoms with Gasteiger partial charge in [0, 0.05) is 13.1 Å². The van der Waals surface area contributed by atoms with Crippen LogP contribution in [0.3, 0.4) is 0 Å². The van der Waals surface area contributed by atoms with Crippen molar-refractivity contribution in [2.75, 3.05) is 6.54 Å². The van der Waals surface area contributed by atoms with Crippen LogP contribution in [0.5, 0.6) is 0 Å².